The second-order valence-electron chi connectivity index (χ2n) is 4.61. The molecular weight excluding hydrogens is 241 g/mol. The normalized spacial score (nSPS) is 29.6. The fourth-order valence-corrected chi connectivity index (χ4v) is 3.09. The van der Waals surface area contributed by atoms with Gasteiger partial charge in [-0.15, -0.1) is 0 Å². The summed E-state index contributed by atoms with van der Waals surface area (Å²) in [5, 5.41) is 4.69. The van der Waals surface area contributed by atoms with Crippen LogP contribution in [0.3, 0.4) is 0 Å². The molecule has 1 aromatic rings. The molecule has 1 N–H and O–H groups in total. The Morgan fingerprint density at radius 2 is 1.94 bits per heavy atom. The van der Waals surface area contributed by atoms with Gasteiger partial charge in [-0.05, 0) is 49.4 Å². The highest BCUT2D eigenvalue weighted by Crippen LogP contribution is 2.40. The van der Waals surface area contributed by atoms with E-state index in [2.05, 4.69) is 18.3 Å². The standard InChI is InChI=1S/C13H17Cl2N/c1-8-10(4-6-13(8)16-2)9-3-5-11(14)12(15)7-9/h3,5,7-8,10,13,16H,4,6H2,1-2H3. The van der Waals surface area contributed by atoms with E-state index >= 15 is 0 Å². The highest BCUT2D eigenvalue weighted by atomic mass is 35.5. The van der Waals surface area contributed by atoms with Gasteiger partial charge in [0.25, 0.3) is 0 Å². The molecule has 0 aromatic heterocycles. The van der Waals surface area contributed by atoms with Gasteiger partial charge in [0, 0.05) is 6.04 Å². The molecule has 88 valence electrons. The van der Waals surface area contributed by atoms with E-state index in [1.165, 1.54) is 18.4 Å². The second kappa shape index (κ2) is 4.95. The van der Waals surface area contributed by atoms with Crippen molar-refractivity contribution in [3.63, 3.8) is 0 Å². The van der Waals surface area contributed by atoms with Crippen molar-refractivity contribution in [1.29, 1.82) is 0 Å². The molecule has 3 heteroatoms. The molecule has 3 atom stereocenters. The molecule has 0 bridgehead atoms. The van der Waals surface area contributed by atoms with Crippen LogP contribution in [0.15, 0.2) is 18.2 Å². The third kappa shape index (κ3) is 2.22. The van der Waals surface area contributed by atoms with E-state index < -0.39 is 0 Å². The van der Waals surface area contributed by atoms with Gasteiger partial charge in [0.1, 0.15) is 0 Å². The molecule has 1 fully saturated rings. The predicted octanol–water partition coefficient (Wildman–Crippen LogP) is 4.09. The third-order valence-corrected chi connectivity index (χ3v) is 4.54. The van der Waals surface area contributed by atoms with Crippen LogP contribution in [0.1, 0.15) is 31.2 Å². The maximum absolute atomic E-state index is 6.06. The van der Waals surface area contributed by atoms with Crippen LogP contribution in [0.5, 0.6) is 0 Å². The number of nitrogens with one attached hydrogen (secondary N) is 1. The predicted molar refractivity (Wildman–Crippen MR) is 70.4 cm³/mol. The van der Waals surface area contributed by atoms with E-state index in [1.807, 2.05) is 19.2 Å². The van der Waals surface area contributed by atoms with Crippen LogP contribution in [0.4, 0.5) is 0 Å². The number of hydrogen-bond acceptors (Lipinski definition) is 1. The maximum Gasteiger partial charge on any atom is 0.0595 e. The van der Waals surface area contributed by atoms with E-state index in [4.69, 9.17) is 23.2 Å². The highest BCUT2D eigenvalue weighted by Gasteiger charge is 2.32. The summed E-state index contributed by atoms with van der Waals surface area (Å²) in [6.45, 7) is 2.31. The van der Waals surface area contributed by atoms with Gasteiger partial charge in [0.2, 0.25) is 0 Å². The molecule has 1 nitrogen and oxygen atoms in total. The summed E-state index contributed by atoms with van der Waals surface area (Å²) in [5.41, 5.74) is 1.32. The lowest BCUT2D eigenvalue weighted by molar-refractivity contribution is 0.429. The molecule has 0 radical (unpaired) electrons. The zero-order valence-corrected chi connectivity index (χ0v) is 11.1. The molecule has 2 rings (SSSR count). The first-order valence-electron chi connectivity index (χ1n) is 5.75. The minimum absolute atomic E-state index is 0.604. The molecule has 16 heavy (non-hydrogen) atoms. The van der Waals surface area contributed by atoms with Gasteiger partial charge in [-0.3, -0.25) is 0 Å². The Kier molecular flexibility index (Phi) is 3.78. The first kappa shape index (κ1) is 12.2. The average Bonchev–Trinajstić information content (AvgIpc) is 2.64. The fraction of sp³-hybridized carbons (Fsp3) is 0.538. The van der Waals surface area contributed by atoms with Crippen molar-refractivity contribution in [2.24, 2.45) is 5.92 Å². The Bertz CT molecular complexity index is 378. The average molecular weight is 258 g/mol. The lowest BCUT2D eigenvalue weighted by Crippen LogP contribution is -2.28. The summed E-state index contributed by atoms with van der Waals surface area (Å²) in [6.07, 6.45) is 2.47. The van der Waals surface area contributed by atoms with Crippen LogP contribution in [-0.4, -0.2) is 13.1 Å². The van der Waals surface area contributed by atoms with Crippen molar-refractivity contribution in [2.75, 3.05) is 7.05 Å². The van der Waals surface area contributed by atoms with Crippen molar-refractivity contribution in [2.45, 2.75) is 31.7 Å². The van der Waals surface area contributed by atoms with Crippen LogP contribution >= 0.6 is 23.2 Å². The Balaban J connectivity index is 2.22. The zero-order chi connectivity index (χ0) is 11.7. The number of halogens is 2. The van der Waals surface area contributed by atoms with Crippen LogP contribution in [0, 0.1) is 5.92 Å². The molecule has 1 aromatic carbocycles. The van der Waals surface area contributed by atoms with Crippen LogP contribution < -0.4 is 5.32 Å². The Morgan fingerprint density at radius 3 is 2.50 bits per heavy atom. The lowest BCUT2D eigenvalue weighted by Gasteiger charge is -2.21. The zero-order valence-electron chi connectivity index (χ0n) is 9.63. The van der Waals surface area contributed by atoms with E-state index in [1.54, 1.807) is 0 Å². The highest BCUT2D eigenvalue weighted by molar-refractivity contribution is 6.42. The first-order chi connectivity index (χ1) is 7.63. The van der Waals surface area contributed by atoms with Crippen LogP contribution in [0.2, 0.25) is 10.0 Å². The molecule has 0 amide bonds. The van der Waals surface area contributed by atoms with Crippen LogP contribution in [0.25, 0.3) is 0 Å². The molecule has 0 spiro atoms. The minimum atomic E-state index is 0.604. The summed E-state index contributed by atoms with van der Waals surface area (Å²) in [5.74, 6) is 1.26. The van der Waals surface area contributed by atoms with Gasteiger partial charge in [0.15, 0.2) is 0 Å². The Labute approximate surface area is 107 Å². The molecule has 1 aliphatic carbocycles. The maximum atomic E-state index is 6.06. The van der Waals surface area contributed by atoms with E-state index in [9.17, 15) is 0 Å². The van der Waals surface area contributed by atoms with Crippen LogP contribution in [-0.2, 0) is 0 Å². The summed E-state index contributed by atoms with van der Waals surface area (Å²) in [7, 11) is 2.04. The van der Waals surface area contributed by atoms with Gasteiger partial charge >= 0.3 is 0 Å². The van der Waals surface area contributed by atoms with Gasteiger partial charge in [0.05, 0.1) is 10.0 Å². The number of hydrogen-bond donors (Lipinski definition) is 1. The molecule has 1 saturated carbocycles. The lowest BCUT2D eigenvalue weighted by atomic mass is 9.89. The summed E-state index contributed by atoms with van der Waals surface area (Å²) >= 11 is 12.0. The fourth-order valence-electron chi connectivity index (χ4n) is 2.79. The van der Waals surface area contributed by atoms with Gasteiger partial charge in [-0.1, -0.05) is 36.2 Å². The van der Waals surface area contributed by atoms with Crippen molar-refractivity contribution >= 4 is 23.2 Å². The summed E-state index contributed by atoms with van der Waals surface area (Å²) in [4.78, 5) is 0. The molecule has 0 heterocycles. The Hall–Kier alpha value is -0.240. The minimum Gasteiger partial charge on any atom is -0.317 e. The molecular formula is C13H17Cl2N. The monoisotopic (exact) mass is 257 g/mol. The largest absolute Gasteiger partial charge is 0.317 e. The molecule has 3 unspecified atom stereocenters. The topological polar surface area (TPSA) is 12.0 Å². The van der Waals surface area contributed by atoms with Crippen molar-refractivity contribution in [3.05, 3.63) is 33.8 Å². The second-order valence-corrected chi connectivity index (χ2v) is 5.43. The van der Waals surface area contributed by atoms with Gasteiger partial charge < -0.3 is 5.32 Å². The SMILES string of the molecule is CNC1CCC(c2ccc(Cl)c(Cl)c2)C1C. The quantitative estimate of drug-likeness (QED) is 0.842. The molecule has 0 saturated heterocycles. The van der Waals surface area contributed by atoms with Crippen molar-refractivity contribution in [1.82, 2.24) is 5.32 Å². The summed E-state index contributed by atoms with van der Waals surface area (Å²) < 4.78 is 0. The summed E-state index contributed by atoms with van der Waals surface area (Å²) in [6, 6.07) is 6.65. The molecule has 1 aliphatic rings. The smallest absolute Gasteiger partial charge is 0.0595 e. The first-order valence-corrected chi connectivity index (χ1v) is 6.51. The third-order valence-electron chi connectivity index (χ3n) is 3.80. The van der Waals surface area contributed by atoms with Gasteiger partial charge in [-0.2, -0.15) is 0 Å². The Morgan fingerprint density at radius 1 is 1.19 bits per heavy atom. The number of rotatable bonds is 2. The van der Waals surface area contributed by atoms with E-state index in [0.29, 0.717) is 27.9 Å². The van der Waals surface area contributed by atoms with E-state index in [-0.39, 0.29) is 0 Å². The van der Waals surface area contributed by atoms with Crippen molar-refractivity contribution < 1.29 is 0 Å². The number of benzene rings is 1. The van der Waals surface area contributed by atoms with E-state index in [0.717, 1.165) is 0 Å². The van der Waals surface area contributed by atoms with Crippen molar-refractivity contribution in [3.8, 4) is 0 Å². The molecule has 0 aliphatic heterocycles. The van der Waals surface area contributed by atoms with Gasteiger partial charge in [-0.25, -0.2) is 0 Å².